The second-order valence-corrected chi connectivity index (χ2v) is 6.73. The van der Waals surface area contributed by atoms with E-state index in [0.29, 0.717) is 35.5 Å². The molecule has 158 valence electrons. The van der Waals surface area contributed by atoms with E-state index >= 15 is 0 Å². The molecule has 0 saturated heterocycles. The van der Waals surface area contributed by atoms with Crippen LogP contribution in [-0.4, -0.2) is 35.8 Å². The first-order valence-electron chi connectivity index (χ1n) is 9.60. The van der Waals surface area contributed by atoms with Crippen LogP contribution in [-0.2, 0) is 4.79 Å². The van der Waals surface area contributed by atoms with Gasteiger partial charge in [0.2, 0.25) is 12.1 Å². The smallest absolute Gasteiger partial charge is 0.277 e. The van der Waals surface area contributed by atoms with Gasteiger partial charge < -0.3 is 27.3 Å². The van der Waals surface area contributed by atoms with E-state index in [1.807, 2.05) is 30.3 Å². The number of amidine groups is 1. The van der Waals surface area contributed by atoms with Crippen LogP contribution in [0.2, 0.25) is 0 Å². The summed E-state index contributed by atoms with van der Waals surface area (Å²) in [6.07, 6.45) is 1.98. The number of nitrogen functional groups attached to an aromatic ring is 2. The fourth-order valence-electron chi connectivity index (χ4n) is 3.03. The number of nitrogens with one attached hydrogen (secondary N) is 3. The van der Waals surface area contributed by atoms with Gasteiger partial charge in [0, 0.05) is 23.2 Å². The molecule has 30 heavy (non-hydrogen) atoms. The summed E-state index contributed by atoms with van der Waals surface area (Å²) in [5, 5.41) is 20.4. The molecular weight excluding hydrogens is 380 g/mol. The van der Waals surface area contributed by atoms with Crippen molar-refractivity contribution < 1.29 is 14.9 Å². The van der Waals surface area contributed by atoms with Crippen LogP contribution >= 0.6 is 0 Å². The molecule has 0 aliphatic heterocycles. The van der Waals surface area contributed by atoms with Crippen molar-refractivity contribution in [1.82, 2.24) is 0 Å². The summed E-state index contributed by atoms with van der Waals surface area (Å²) in [6.45, 7) is 2.08. The molecule has 0 heterocycles. The van der Waals surface area contributed by atoms with Crippen LogP contribution in [0.5, 0.6) is 0 Å². The zero-order chi connectivity index (χ0) is 22.1. The largest absolute Gasteiger partial charge is 0.398 e. The fourth-order valence-corrected chi connectivity index (χ4v) is 3.03. The van der Waals surface area contributed by atoms with Gasteiger partial charge in [0.1, 0.15) is 0 Å². The van der Waals surface area contributed by atoms with Crippen molar-refractivity contribution in [1.29, 1.82) is 5.41 Å². The summed E-state index contributed by atoms with van der Waals surface area (Å²) in [5.41, 5.74) is 20.4. The molecular formula is C22H29N6O2+. The number of rotatable bonds is 9. The van der Waals surface area contributed by atoms with E-state index in [1.54, 1.807) is 31.2 Å². The number of hydrogen-bond donors (Lipinski definition) is 7. The molecule has 0 aliphatic carbocycles. The highest BCUT2D eigenvalue weighted by Crippen LogP contribution is 2.23. The lowest BCUT2D eigenvalue weighted by molar-refractivity contribution is -0.541. The molecule has 1 amide bonds. The lowest BCUT2D eigenvalue weighted by Gasteiger charge is -2.17. The summed E-state index contributed by atoms with van der Waals surface area (Å²) in [7, 11) is 0. The minimum absolute atomic E-state index is 0.124. The third-order valence-corrected chi connectivity index (χ3v) is 4.69. The maximum Gasteiger partial charge on any atom is 0.277 e. The first kappa shape index (κ1) is 22.8. The molecule has 0 aromatic heterocycles. The molecule has 2 aromatic carbocycles. The Hall–Kier alpha value is -3.49. The topological polar surface area (TPSA) is 165 Å². The molecule has 2 unspecified atom stereocenters. The molecule has 2 aromatic rings. The van der Waals surface area contributed by atoms with E-state index < -0.39 is 6.23 Å². The molecule has 2 atom stereocenters. The van der Waals surface area contributed by atoms with E-state index in [2.05, 4.69) is 10.3 Å². The molecule has 0 spiro atoms. The van der Waals surface area contributed by atoms with Gasteiger partial charge in [-0.2, -0.15) is 0 Å². The van der Waals surface area contributed by atoms with E-state index in [0.717, 1.165) is 11.8 Å². The normalized spacial score (nSPS) is 14.1. The number of allylic oxidation sites excluding steroid dienone is 1. The quantitative estimate of drug-likeness (QED) is 0.134. The number of amides is 1. The van der Waals surface area contributed by atoms with Gasteiger partial charge in [0.05, 0.1) is 11.5 Å². The van der Waals surface area contributed by atoms with Crippen LogP contribution in [0, 0.1) is 5.41 Å². The third kappa shape index (κ3) is 5.76. The maximum absolute atomic E-state index is 12.9. The Labute approximate surface area is 176 Å². The second kappa shape index (κ2) is 10.9. The van der Waals surface area contributed by atoms with Crippen molar-refractivity contribution in [2.45, 2.75) is 25.5 Å². The monoisotopic (exact) mass is 409 g/mol. The van der Waals surface area contributed by atoms with Crippen molar-refractivity contribution in [2.24, 2.45) is 11.5 Å². The Morgan fingerprint density at radius 3 is 2.57 bits per heavy atom. The summed E-state index contributed by atoms with van der Waals surface area (Å²) in [5.74, 6) is -0.448. The number of hydrogen-bond acceptors (Lipinski definition) is 5. The van der Waals surface area contributed by atoms with Crippen molar-refractivity contribution in [3.05, 3.63) is 71.3 Å². The molecule has 2 rings (SSSR count). The Balaban J connectivity index is 2.27. The summed E-state index contributed by atoms with van der Waals surface area (Å²) < 4.78 is 0. The summed E-state index contributed by atoms with van der Waals surface area (Å²) in [6, 6.07) is 14.4. The van der Waals surface area contributed by atoms with Crippen molar-refractivity contribution in [2.75, 3.05) is 17.6 Å². The number of aliphatic hydroxyl groups is 1. The van der Waals surface area contributed by atoms with Crippen LogP contribution in [0.1, 0.15) is 30.4 Å². The van der Waals surface area contributed by atoms with E-state index in [-0.39, 0.29) is 17.7 Å². The molecule has 0 saturated carbocycles. The van der Waals surface area contributed by atoms with Crippen LogP contribution in [0.3, 0.4) is 0 Å². The zero-order valence-corrected chi connectivity index (χ0v) is 16.9. The van der Waals surface area contributed by atoms with Gasteiger partial charge in [-0.15, -0.1) is 0 Å². The van der Waals surface area contributed by atoms with Gasteiger partial charge in [-0.3, -0.25) is 10.5 Å². The van der Waals surface area contributed by atoms with E-state index in [4.69, 9.17) is 22.6 Å². The lowest BCUT2D eigenvalue weighted by atomic mass is 9.94. The average Bonchev–Trinajstić information content (AvgIpc) is 2.74. The Bertz CT molecular complexity index is 940. The summed E-state index contributed by atoms with van der Waals surface area (Å²) >= 11 is 0. The predicted octanol–water partition coefficient (Wildman–Crippen LogP) is 0.0401. The molecule has 0 bridgehead atoms. The van der Waals surface area contributed by atoms with Gasteiger partial charge in [0.15, 0.2) is 0 Å². The van der Waals surface area contributed by atoms with Gasteiger partial charge in [-0.05, 0) is 43.7 Å². The molecule has 8 nitrogen and oxygen atoms in total. The van der Waals surface area contributed by atoms with Crippen LogP contribution < -0.4 is 27.5 Å². The minimum atomic E-state index is -1.16. The van der Waals surface area contributed by atoms with E-state index in [9.17, 15) is 9.90 Å². The highest BCUT2D eigenvalue weighted by Gasteiger charge is 2.21. The van der Waals surface area contributed by atoms with Gasteiger partial charge in [-0.25, -0.2) is 4.99 Å². The predicted molar refractivity (Wildman–Crippen MR) is 120 cm³/mol. The van der Waals surface area contributed by atoms with Gasteiger partial charge in [0.25, 0.3) is 5.84 Å². The molecule has 10 N–H and O–H groups in total. The molecule has 0 radical (unpaired) electrons. The Kier molecular flexibility index (Phi) is 8.28. The number of anilines is 2. The van der Waals surface area contributed by atoms with Gasteiger partial charge in [-0.1, -0.05) is 36.4 Å². The first-order chi connectivity index (χ1) is 14.4. The highest BCUT2D eigenvalue weighted by molar-refractivity contribution is 6.01. The van der Waals surface area contributed by atoms with E-state index in [1.165, 1.54) is 0 Å². The van der Waals surface area contributed by atoms with Crippen LogP contribution in [0.4, 0.5) is 11.4 Å². The highest BCUT2D eigenvalue weighted by atomic mass is 16.3. The number of carbonyl (C=O) groups excluding carboxylic acids is 1. The van der Waals surface area contributed by atoms with Crippen molar-refractivity contribution in [3.8, 4) is 0 Å². The number of carbonyl (C=O) groups is 1. The van der Waals surface area contributed by atoms with Crippen LogP contribution in [0.25, 0.3) is 0 Å². The zero-order valence-electron chi connectivity index (χ0n) is 16.9. The third-order valence-electron chi connectivity index (χ3n) is 4.69. The van der Waals surface area contributed by atoms with Crippen LogP contribution in [0.15, 0.2) is 60.2 Å². The average molecular weight is 410 g/mol. The Morgan fingerprint density at radius 1 is 1.27 bits per heavy atom. The molecule has 0 aliphatic rings. The lowest BCUT2D eigenvalue weighted by Crippen LogP contribution is -2.82. The second-order valence-electron chi connectivity index (χ2n) is 6.73. The van der Waals surface area contributed by atoms with Crippen molar-refractivity contribution >= 4 is 29.3 Å². The van der Waals surface area contributed by atoms with Crippen molar-refractivity contribution in [3.63, 3.8) is 0 Å². The fraction of sp³-hybridized carbons (Fsp3) is 0.227. The Morgan fingerprint density at radius 2 is 1.97 bits per heavy atom. The molecule has 8 heteroatoms. The number of benzene rings is 2. The maximum atomic E-state index is 12.9. The first-order valence-corrected chi connectivity index (χ1v) is 9.60. The minimum Gasteiger partial charge on any atom is -0.398 e. The summed E-state index contributed by atoms with van der Waals surface area (Å²) in [4.78, 5) is 15.6. The number of nitrogens with two attached hydrogens (primary N) is 3. The molecule has 0 fully saturated rings. The standard InChI is InChI=1S/C22H28N6O2/c1-2-14(13-24)21(29)28-20(26)18-12-16(8-9-19(18)25)27-22(30)17(10-11-23)15-6-4-3-5-7-15/h2-9,12-13,17,21,24,29H,10-11,23,25H2,1H3,(H2,26,28)(H,27,30)/p+1/b14-2+,24-13?. The van der Waals surface area contributed by atoms with Gasteiger partial charge >= 0.3 is 0 Å². The number of aliphatic hydroxyl groups excluding tert-OH is 1. The SMILES string of the molecule is C/C=C(\C=N)C(O)/[NH+]=C(\N)c1cc(NC(=O)C(CCN)c2ccccc2)ccc1N.